The molecule has 1 heterocycles. The number of hydrogen-bond donors (Lipinski definition) is 3. The highest BCUT2D eigenvalue weighted by atomic mass is 19.1. The Balaban J connectivity index is 1.62. The first-order chi connectivity index (χ1) is 13.2. The normalized spacial score (nSPS) is 26.9. The number of hydrogen-bond acceptors (Lipinski definition) is 4. The Bertz CT molecular complexity index is 769. The lowest BCUT2D eigenvalue weighted by Crippen LogP contribution is -2.54. The molecular formula is C20H26FN3O4. The number of carbonyl (C=O) groups is 3. The Morgan fingerprint density at radius 3 is 2.68 bits per heavy atom. The molecule has 1 saturated heterocycles. The van der Waals surface area contributed by atoms with Gasteiger partial charge in [-0.05, 0) is 43.4 Å². The highest BCUT2D eigenvalue weighted by molar-refractivity contribution is 6.09. The zero-order chi connectivity index (χ0) is 20.5. The molecule has 3 rings (SSSR count). The smallest absolute Gasteiger partial charge is 0.325 e. The zero-order valence-corrected chi connectivity index (χ0v) is 16.1. The number of amides is 4. The average Bonchev–Trinajstić information content (AvgIpc) is 2.89. The summed E-state index contributed by atoms with van der Waals surface area (Å²) in [4.78, 5) is 38.6. The molecule has 1 aliphatic carbocycles. The molecule has 28 heavy (non-hydrogen) atoms. The Morgan fingerprint density at radius 1 is 1.36 bits per heavy atom. The van der Waals surface area contributed by atoms with Crippen molar-refractivity contribution >= 4 is 17.8 Å². The van der Waals surface area contributed by atoms with Crippen molar-refractivity contribution in [1.82, 2.24) is 15.5 Å². The van der Waals surface area contributed by atoms with E-state index < -0.39 is 42.0 Å². The van der Waals surface area contributed by atoms with Crippen LogP contribution in [0.1, 0.15) is 51.2 Å². The second-order valence-corrected chi connectivity index (χ2v) is 7.79. The molecule has 4 atom stereocenters. The quantitative estimate of drug-likeness (QED) is 0.667. The molecule has 8 heteroatoms. The van der Waals surface area contributed by atoms with E-state index in [1.165, 1.54) is 24.3 Å². The van der Waals surface area contributed by atoms with Gasteiger partial charge in [-0.2, -0.15) is 0 Å². The first-order valence-corrected chi connectivity index (χ1v) is 9.61. The van der Waals surface area contributed by atoms with E-state index in [1.54, 1.807) is 6.92 Å². The minimum atomic E-state index is -1.04. The second kappa shape index (κ2) is 7.87. The Hall–Kier alpha value is -2.48. The average molecular weight is 391 g/mol. The maximum atomic E-state index is 13.0. The van der Waals surface area contributed by atoms with Crippen LogP contribution in [0.3, 0.4) is 0 Å². The van der Waals surface area contributed by atoms with Crippen LogP contribution in [-0.4, -0.2) is 46.0 Å². The van der Waals surface area contributed by atoms with Crippen molar-refractivity contribution in [2.24, 2.45) is 5.92 Å². The van der Waals surface area contributed by atoms with E-state index in [2.05, 4.69) is 10.6 Å². The van der Waals surface area contributed by atoms with Gasteiger partial charge in [0.1, 0.15) is 17.9 Å². The van der Waals surface area contributed by atoms with Crippen molar-refractivity contribution in [3.05, 3.63) is 35.6 Å². The van der Waals surface area contributed by atoms with E-state index in [0.717, 1.165) is 24.2 Å². The highest BCUT2D eigenvalue weighted by Crippen LogP contribution is 2.38. The number of imide groups is 1. The molecule has 152 valence electrons. The van der Waals surface area contributed by atoms with Crippen molar-refractivity contribution in [1.29, 1.82) is 0 Å². The minimum Gasteiger partial charge on any atom is -0.386 e. The number of aliphatic hydroxyl groups excluding tert-OH is 1. The number of urea groups is 1. The predicted octanol–water partition coefficient (Wildman–Crippen LogP) is 1.86. The van der Waals surface area contributed by atoms with Crippen LogP contribution in [0.4, 0.5) is 9.18 Å². The number of rotatable bonds is 5. The summed E-state index contributed by atoms with van der Waals surface area (Å²) in [6, 6.07) is 4.10. The van der Waals surface area contributed by atoms with Gasteiger partial charge >= 0.3 is 6.03 Å². The van der Waals surface area contributed by atoms with E-state index in [0.29, 0.717) is 12.0 Å². The van der Waals surface area contributed by atoms with Crippen molar-refractivity contribution < 1.29 is 23.9 Å². The first-order valence-electron chi connectivity index (χ1n) is 9.61. The summed E-state index contributed by atoms with van der Waals surface area (Å²) in [5.74, 6) is -1.30. The van der Waals surface area contributed by atoms with E-state index in [-0.39, 0.29) is 11.8 Å². The lowest BCUT2D eigenvalue weighted by molar-refractivity contribution is -0.137. The molecule has 4 unspecified atom stereocenters. The summed E-state index contributed by atoms with van der Waals surface area (Å²) in [6.07, 6.45) is 2.27. The van der Waals surface area contributed by atoms with Crippen LogP contribution in [0.25, 0.3) is 0 Å². The molecule has 2 fully saturated rings. The third kappa shape index (κ3) is 3.73. The number of halogens is 1. The molecular weight excluding hydrogens is 365 g/mol. The summed E-state index contributed by atoms with van der Waals surface area (Å²) in [7, 11) is 0. The summed E-state index contributed by atoms with van der Waals surface area (Å²) in [5, 5.41) is 15.7. The van der Waals surface area contributed by atoms with Crippen LogP contribution >= 0.6 is 0 Å². The predicted molar refractivity (Wildman–Crippen MR) is 99.6 cm³/mol. The fraction of sp³-hybridized carbons (Fsp3) is 0.550. The molecule has 0 radical (unpaired) electrons. The van der Waals surface area contributed by atoms with E-state index in [9.17, 15) is 23.9 Å². The van der Waals surface area contributed by atoms with Gasteiger partial charge in [0.15, 0.2) is 0 Å². The van der Waals surface area contributed by atoms with Gasteiger partial charge in [-0.3, -0.25) is 14.5 Å². The third-order valence-electron chi connectivity index (χ3n) is 5.88. The molecule has 0 bridgehead atoms. The maximum Gasteiger partial charge on any atom is 0.325 e. The van der Waals surface area contributed by atoms with Crippen LogP contribution < -0.4 is 10.6 Å². The first kappa shape index (κ1) is 20.3. The summed E-state index contributed by atoms with van der Waals surface area (Å²) >= 11 is 0. The van der Waals surface area contributed by atoms with Crippen molar-refractivity contribution in [2.45, 2.75) is 57.2 Å². The monoisotopic (exact) mass is 391 g/mol. The van der Waals surface area contributed by atoms with Crippen LogP contribution in [0.15, 0.2) is 24.3 Å². The summed E-state index contributed by atoms with van der Waals surface area (Å²) in [5.41, 5.74) is -0.450. The van der Waals surface area contributed by atoms with Gasteiger partial charge in [0.05, 0.1) is 12.1 Å². The summed E-state index contributed by atoms with van der Waals surface area (Å²) < 4.78 is 13.0. The fourth-order valence-electron chi connectivity index (χ4n) is 4.11. The van der Waals surface area contributed by atoms with Crippen LogP contribution in [0.2, 0.25) is 0 Å². The topological polar surface area (TPSA) is 98.7 Å². The van der Waals surface area contributed by atoms with Crippen molar-refractivity contribution in [2.75, 3.05) is 6.54 Å². The molecule has 7 nitrogen and oxygen atoms in total. The molecule has 1 aromatic rings. The van der Waals surface area contributed by atoms with Gasteiger partial charge in [0.2, 0.25) is 5.91 Å². The molecule has 1 aromatic carbocycles. The van der Waals surface area contributed by atoms with Gasteiger partial charge in [0, 0.05) is 0 Å². The highest BCUT2D eigenvalue weighted by Gasteiger charge is 2.55. The zero-order valence-electron chi connectivity index (χ0n) is 16.1. The second-order valence-electron chi connectivity index (χ2n) is 7.79. The van der Waals surface area contributed by atoms with Crippen LogP contribution in [0.5, 0.6) is 0 Å². The Morgan fingerprint density at radius 2 is 2.04 bits per heavy atom. The lowest BCUT2D eigenvalue weighted by atomic mass is 9.73. The number of aliphatic hydroxyl groups is 1. The van der Waals surface area contributed by atoms with E-state index in [1.807, 2.05) is 6.92 Å². The Kier molecular flexibility index (Phi) is 5.69. The minimum absolute atomic E-state index is 0.0185. The van der Waals surface area contributed by atoms with E-state index >= 15 is 0 Å². The van der Waals surface area contributed by atoms with Crippen LogP contribution in [-0.2, 0) is 9.59 Å². The van der Waals surface area contributed by atoms with E-state index in [4.69, 9.17) is 0 Å². The third-order valence-corrected chi connectivity index (χ3v) is 5.88. The molecule has 1 saturated carbocycles. The molecule has 2 aliphatic rings. The Labute approximate surface area is 163 Å². The maximum absolute atomic E-state index is 13.0. The molecule has 1 spiro atoms. The SMILES string of the molecule is CC(NC(=O)CN1C(=O)NC2(CCCCC2C)C1=O)C(O)c1ccc(F)cc1. The number of nitrogens with one attached hydrogen (secondary N) is 2. The fourth-order valence-corrected chi connectivity index (χ4v) is 4.11. The van der Waals surface area contributed by atoms with Gasteiger partial charge in [0.25, 0.3) is 5.91 Å². The van der Waals surface area contributed by atoms with Gasteiger partial charge < -0.3 is 15.7 Å². The summed E-state index contributed by atoms with van der Waals surface area (Å²) in [6.45, 7) is 3.14. The number of benzene rings is 1. The van der Waals surface area contributed by atoms with Crippen molar-refractivity contribution in [3.8, 4) is 0 Å². The van der Waals surface area contributed by atoms with Crippen LogP contribution in [0, 0.1) is 11.7 Å². The van der Waals surface area contributed by atoms with Gasteiger partial charge in [-0.15, -0.1) is 0 Å². The molecule has 3 N–H and O–H groups in total. The molecule has 4 amide bonds. The number of nitrogens with zero attached hydrogens (tertiary/aromatic N) is 1. The van der Waals surface area contributed by atoms with Gasteiger partial charge in [-0.25, -0.2) is 9.18 Å². The van der Waals surface area contributed by atoms with Crippen molar-refractivity contribution in [3.63, 3.8) is 0 Å². The molecule has 0 aromatic heterocycles. The largest absolute Gasteiger partial charge is 0.386 e. The molecule has 1 aliphatic heterocycles. The van der Waals surface area contributed by atoms with Gasteiger partial charge in [-0.1, -0.05) is 31.9 Å². The standard InChI is InChI=1S/C20H26FN3O4/c1-12-5-3-4-10-20(12)18(27)24(19(28)23-20)11-16(25)22-13(2)17(26)14-6-8-15(21)9-7-14/h6-9,12-13,17,26H,3-5,10-11H2,1-2H3,(H,22,25)(H,23,28). The lowest BCUT2D eigenvalue weighted by Gasteiger charge is -2.36. The number of carbonyl (C=O) groups excluding carboxylic acids is 3.